The number of aromatic nitrogens is 4. The fourth-order valence-electron chi connectivity index (χ4n) is 2.51. The summed E-state index contributed by atoms with van der Waals surface area (Å²) in [6.45, 7) is 2.93. The van der Waals surface area contributed by atoms with Crippen LogP contribution in [0.25, 0.3) is 0 Å². The number of hydrogen-bond acceptors (Lipinski definition) is 5. The van der Waals surface area contributed by atoms with Crippen molar-refractivity contribution in [1.82, 2.24) is 19.7 Å². The van der Waals surface area contributed by atoms with Gasteiger partial charge in [0.1, 0.15) is 0 Å². The maximum atomic E-state index is 5.82. The second kappa shape index (κ2) is 6.53. The molecule has 21 heavy (non-hydrogen) atoms. The van der Waals surface area contributed by atoms with E-state index in [1.54, 1.807) is 12.4 Å². The van der Waals surface area contributed by atoms with E-state index < -0.39 is 0 Å². The molecular formula is C14H18BrN5O. The molecule has 2 aromatic rings. The van der Waals surface area contributed by atoms with E-state index in [0.717, 1.165) is 41.7 Å². The molecule has 0 radical (unpaired) electrons. The quantitative estimate of drug-likeness (QED) is 0.913. The maximum Gasteiger partial charge on any atom is 0.227 e. The van der Waals surface area contributed by atoms with Crippen LogP contribution >= 0.6 is 15.9 Å². The predicted molar refractivity (Wildman–Crippen MR) is 83.5 cm³/mol. The fraction of sp³-hybridized carbons (Fsp3) is 0.500. The molecule has 2 aromatic heterocycles. The Hall–Kier alpha value is -1.47. The minimum absolute atomic E-state index is 0.0510. The van der Waals surface area contributed by atoms with Gasteiger partial charge in [0.25, 0.3) is 0 Å². The first kappa shape index (κ1) is 14.5. The van der Waals surface area contributed by atoms with E-state index in [2.05, 4.69) is 43.2 Å². The summed E-state index contributed by atoms with van der Waals surface area (Å²) in [4.78, 5) is 8.47. The molecule has 0 aromatic carbocycles. The lowest BCUT2D eigenvalue weighted by Gasteiger charge is -2.24. The second-order valence-electron chi connectivity index (χ2n) is 4.97. The third kappa shape index (κ3) is 3.24. The summed E-state index contributed by atoms with van der Waals surface area (Å²) in [5.74, 6) is 0.567. The minimum atomic E-state index is 0.0510. The van der Waals surface area contributed by atoms with Crippen LogP contribution < -0.4 is 5.32 Å². The second-order valence-corrected chi connectivity index (χ2v) is 5.89. The maximum absolute atomic E-state index is 5.82. The van der Waals surface area contributed by atoms with Crippen molar-refractivity contribution in [2.75, 3.05) is 11.9 Å². The molecular weight excluding hydrogens is 334 g/mol. The molecule has 1 saturated heterocycles. The van der Waals surface area contributed by atoms with E-state index in [4.69, 9.17) is 4.74 Å². The molecule has 3 heterocycles. The first-order chi connectivity index (χ1) is 10.3. The third-order valence-electron chi connectivity index (χ3n) is 3.53. The Kier molecular flexibility index (Phi) is 4.50. The Morgan fingerprint density at radius 1 is 1.33 bits per heavy atom. The molecule has 0 spiro atoms. The summed E-state index contributed by atoms with van der Waals surface area (Å²) in [7, 11) is 0. The summed E-state index contributed by atoms with van der Waals surface area (Å²) in [5, 5.41) is 7.72. The minimum Gasteiger partial charge on any atom is -0.357 e. The van der Waals surface area contributed by atoms with Crippen LogP contribution in [0.3, 0.4) is 0 Å². The highest BCUT2D eigenvalue weighted by Crippen LogP contribution is 2.28. The number of nitrogens with one attached hydrogen (secondary N) is 1. The van der Waals surface area contributed by atoms with Crippen molar-refractivity contribution < 1.29 is 4.74 Å². The molecule has 0 bridgehead atoms. The first-order valence-corrected chi connectivity index (χ1v) is 7.99. The van der Waals surface area contributed by atoms with E-state index in [0.29, 0.717) is 5.95 Å². The Balaban J connectivity index is 1.82. The Morgan fingerprint density at radius 3 is 2.81 bits per heavy atom. The van der Waals surface area contributed by atoms with E-state index in [1.807, 2.05) is 10.9 Å². The van der Waals surface area contributed by atoms with Crippen LogP contribution in [0.1, 0.15) is 38.1 Å². The standard InChI is InChI=1S/C14H18BrN5O/c1-2-12-11(19-14-16-7-10(15)8-17-14)9-18-20(12)13-5-3-4-6-21-13/h7-9,13H,2-6H2,1H3,(H,16,17,19). The largest absolute Gasteiger partial charge is 0.357 e. The van der Waals surface area contributed by atoms with Crippen molar-refractivity contribution in [3.8, 4) is 0 Å². The van der Waals surface area contributed by atoms with E-state index in [-0.39, 0.29) is 6.23 Å². The SMILES string of the molecule is CCc1c(Nc2ncc(Br)cn2)cnn1C1CCCCO1. The van der Waals surface area contributed by atoms with Crippen LogP contribution in [0.5, 0.6) is 0 Å². The number of ether oxygens (including phenoxy) is 1. The molecule has 6 nitrogen and oxygen atoms in total. The van der Waals surface area contributed by atoms with Gasteiger partial charge < -0.3 is 10.1 Å². The topological polar surface area (TPSA) is 64.9 Å². The zero-order chi connectivity index (χ0) is 14.7. The zero-order valence-corrected chi connectivity index (χ0v) is 13.5. The highest BCUT2D eigenvalue weighted by molar-refractivity contribution is 9.10. The molecule has 0 amide bonds. The highest BCUT2D eigenvalue weighted by atomic mass is 79.9. The van der Waals surface area contributed by atoms with Crippen LogP contribution in [0, 0.1) is 0 Å². The zero-order valence-electron chi connectivity index (χ0n) is 11.9. The Morgan fingerprint density at radius 2 is 2.14 bits per heavy atom. The fourth-order valence-corrected chi connectivity index (χ4v) is 2.71. The molecule has 0 aliphatic carbocycles. The highest BCUT2D eigenvalue weighted by Gasteiger charge is 2.21. The van der Waals surface area contributed by atoms with Crippen molar-refractivity contribution in [2.24, 2.45) is 0 Å². The Labute approximate surface area is 132 Å². The van der Waals surface area contributed by atoms with Gasteiger partial charge in [0.05, 0.1) is 22.1 Å². The van der Waals surface area contributed by atoms with Crippen molar-refractivity contribution in [3.63, 3.8) is 0 Å². The summed E-state index contributed by atoms with van der Waals surface area (Å²) < 4.78 is 8.66. The normalized spacial score (nSPS) is 18.7. The Bertz CT molecular complexity index is 592. The van der Waals surface area contributed by atoms with Crippen LogP contribution in [-0.4, -0.2) is 26.4 Å². The van der Waals surface area contributed by atoms with Crippen molar-refractivity contribution in [3.05, 3.63) is 28.8 Å². The monoisotopic (exact) mass is 351 g/mol. The number of hydrogen-bond donors (Lipinski definition) is 1. The van der Waals surface area contributed by atoms with Gasteiger partial charge in [-0.3, -0.25) is 0 Å². The van der Waals surface area contributed by atoms with Crippen LogP contribution in [0.15, 0.2) is 23.1 Å². The summed E-state index contributed by atoms with van der Waals surface area (Å²) in [6.07, 6.45) is 9.52. The van der Waals surface area contributed by atoms with E-state index >= 15 is 0 Å². The van der Waals surface area contributed by atoms with E-state index in [1.165, 1.54) is 6.42 Å². The number of rotatable bonds is 4. The smallest absolute Gasteiger partial charge is 0.227 e. The van der Waals surface area contributed by atoms with Gasteiger partial charge in [0.2, 0.25) is 5.95 Å². The lowest BCUT2D eigenvalue weighted by Crippen LogP contribution is -2.21. The van der Waals surface area contributed by atoms with Gasteiger partial charge in [0.15, 0.2) is 6.23 Å². The van der Waals surface area contributed by atoms with Crippen molar-refractivity contribution in [1.29, 1.82) is 0 Å². The molecule has 3 rings (SSSR count). The van der Waals surface area contributed by atoms with Crippen LogP contribution in [0.4, 0.5) is 11.6 Å². The van der Waals surface area contributed by atoms with Gasteiger partial charge in [-0.05, 0) is 41.6 Å². The molecule has 1 N–H and O–H groups in total. The number of halogens is 1. The van der Waals surface area contributed by atoms with Gasteiger partial charge in [-0.2, -0.15) is 5.10 Å². The molecule has 7 heteroatoms. The summed E-state index contributed by atoms with van der Waals surface area (Å²) >= 11 is 3.33. The first-order valence-electron chi connectivity index (χ1n) is 7.20. The molecule has 1 aliphatic rings. The van der Waals surface area contributed by atoms with Crippen molar-refractivity contribution in [2.45, 2.75) is 38.8 Å². The molecule has 1 atom stereocenters. The molecule has 112 valence electrons. The third-order valence-corrected chi connectivity index (χ3v) is 3.94. The predicted octanol–water partition coefficient (Wildman–Crippen LogP) is 3.44. The van der Waals surface area contributed by atoms with Crippen molar-refractivity contribution >= 4 is 27.6 Å². The van der Waals surface area contributed by atoms with E-state index in [9.17, 15) is 0 Å². The molecule has 1 aliphatic heterocycles. The lowest BCUT2D eigenvalue weighted by atomic mass is 10.2. The molecule has 0 saturated carbocycles. The van der Waals surface area contributed by atoms with Gasteiger partial charge >= 0.3 is 0 Å². The summed E-state index contributed by atoms with van der Waals surface area (Å²) in [5.41, 5.74) is 2.06. The van der Waals surface area contributed by atoms with Gasteiger partial charge in [-0.15, -0.1) is 0 Å². The van der Waals surface area contributed by atoms with Crippen LogP contribution in [-0.2, 0) is 11.2 Å². The van der Waals surface area contributed by atoms with Crippen LogP contribution in [0.2, 0.25) is 0 Å². The average molecular weight is 352 g/mol. The van der Waals surface area contributed by atoms with Gasteiger partial charge in [0, 0.05) is 19.0 Å². The number of nitrogens with zero attached hydrogens (tertiary/aromatic N) is 4. The van der Waals surface area contributed by atoms with Gasteiger partial charge in [-0.25, -0.2) is 14.6 Å². The molecule has 1 unspecified atom stereocenters. The lowest BCUT2D eigenvalue weighted by molar-refractivity contribution is -0.0409. The number of anilines is 2. The molecule has 1 fully saturated rings. The average Bonchev–Trinajstić information content (AvgIpc) is 2.93. The summed E-state index contributed by atoms with van der Waals surface area (Å²) in [6, 6.07) is 0. The van der Waals surface area contributed by atoms with Gasteiger partial charge in [-0.1, -0.05) is 6.92 Å².